The van der Waals surface area contributed by atoms with Crippen molar-refractivity contribution in [2.75, 3.05) is 25.6 Å². The first-order chi connectivity index (χ1) is 15.6. The average Bonchev–Trinajstić information content (AvgIpc) is 2.75. The van der Waals surface area contributed by atoms with Gasteiger partial charge in [0, 0.05) is 19.0 Å². The molecule has 3 aromatic rings. The molecule has 10 heteroatoms. The van der Waals surface area contributed by atoms with Gasteiger partial charge in [0.15, 0.2) is 5.69 Å². The molecule has 176 valence electrons. The summed E-state index contributed by atoms with van der Waals surface area (Å²) in [4.78, 5) is 25.9. The van der Waals surface area contributed by atoms with Gasteiger partial charge in [-0.3, -0.25) is 9.59 Å². The number of alkyl halides is 3. The molecule has 33 heavy (non-hydrogen) atoms. The van der Waals surface area contributed by atoms with Gasteiger partial charge in [0.25, 0.3) is 11.5 Å². The number of benzene rings is 2. The maximum absolute atomic E-state index is 13.3. The lowest BCUT2D eigenvalue weighted by molar-refractivity contribution is -0.137. The first-order valence-electron chi connectivity index (χ1n) is 10.3. The number of carbonyl (C=O) groups is 1. The zero-order valence-electron chi connectivity index (χ0n) is 18.4. The molecule has 0 spiro atoms. The van der Waals surface area contributed by atoms with Gasteiger partial charge in [0.05, 0.1) is 23.2 Å². The highest BCUT2D eigenvalue weighted by atomic mass is 19.4. The van der Waals surface area contributed by atoms with E-state index in [1.54, 1.807) is 24.3 Å². The second-order valence-electron chi connectivity index (χ2n) is 7.78. The quantitative estimate of drug-likeness (QED) is 0.503. The monoisotopic (exact) mass is 463 g/mol. The summed E-state index contributed by atoms with van der Waals surface area (Å²) in [5, 5.41) is 7.29. The lowest BCUT2D eigenvalue weighted by atomic mass is 10.1. The van der Waals surface area contributed by atoms with Crippen molar-refractivity contribution in [1.82, 2.24) is 9.78 Å². The Morgan fingerprint density at radius 3 is 2.45 bits per heavy atom. The number of rotatable bonds is 8. The highest BCUT2D eigenvalue weighted by Crippen LogP contribution is 2.35. The third-order valence-electron chi connectivity index (χ3n) is 4.72. The van der Waals surface area contributed by atoms with Crippen LogP contribution in [-0.2, 0) is 17.5 Å². The first-order valence-corrected chi connectivity index (χ1v) is 10.3. The number of nitrogens with one attached hydrogen (secondary N) is 1. The Morgan fingerprint density at radius 2 is 1.82 bits per heavy atom. The Morgan fingerprint density at radius 1 is 1.12 bits per heavy atom. The van der Waals surface area contributed by atoms with Gasteiger partial charge >= 0.3 is 6.18 Å². The number of hydrogen-bond donors (Lipinski definition) is 1. The van der Waals surface area contributed by atoms with Gasteiger partial charge in [-0.1, -0.05) is 32.0 Å². The van der Waals surface area contributed by atoms with Crippen molar-refractivity contribution >= 4 is 22.4 Å². The Bertz CT molecular complexity index is 1210. The molecule has 0 saturated heterocycles. The molecule has 0 fully saturated rings. The number of methoxy groups -OCH3 is 1. The molecule has 7 nitrogen and oxygen atoms in total. The largest absolute Gasteiger partial charge is 0.489 e. The van der Waals surface area contributed by atoms with Gasteiger partial charge in [0.2, 0.25) is 0 Å². The van der Waals surface area contributed by atoms with E-state index in [4.69, 9.17) is 9.47 Å². The second-order valence-corrected chi connectivity index (χ2v) is 7.78. The molecular formula is C23H24F3N3O4. The lowest BCUT2D eigenvalue weighted by Gasteiger charge is -2.16. The molecule has 0 saturated carbocycles. The van der Waals surface area contributed by atoms with E-state index in [2.05, 4.69) is 10.4 Å². The van der Waals surface area contributed by atoms with Crippen molar-refractivity contribution in [2.45, 2.75) is 26.6 Å². The summed E-state index contributed by atoms with van der Waals surface area (Å²) in [5.41, 5.74) is -1.54. The number of nitrogens with zero attached hydrogens (tertiary/aromatic N) is 2. The summed E-state index contributed by atoms with van der Waals surface area (Å²) < 4.78 is 51.4. The minimum Gasteiger partial charge on any atom is -0.489 e. The SMILES string of the molecule is COCCOc1ccc(C(F)(F)F)cc1NC(=O)c1nn(CC(C)C)c(=O)c2ccccc12. The van der Waals surface area contributed by atoms with E-state index in [-0.39, 0.29) is 48.4 Å². The average molecular weight is 463 g/mol. The number of hydrogen-bond acceptors (Lipinski definition) is 5. The number of halogens is 3. The minimum atomic E-state index is -4.61. The molecule has 1 amide bonds. The fourth-order valence-electron chi connectivity index (χ4n) is 3.22. The molecule has 0 radical (unpaired) electrons. The summed E-state index contributed by atoms with van der Waals surface area (Å²) in [6, 6.07) is 9.27. The molecular weight excluding hydrogens is 439 g/mol. The maximum atomic E-state index is 13.3. The second kappa shape index (κ2) is 10.0. The Hall–Kier alpha value is -3.40. The molecule has 0 bridgehead atoms. The lowest BCUT2D eigenvalue weighted by Crippen LogP contribution is -2.29. The predicted octanol–water partition coefficient (Wildman–Crippen LogP) is 4.35. The molecule has 1 N–H and O–H groups in total. The standard InChI is InChI=1S/C23H24F3N3O4/c1-14(2)13-29-22(31)17-7-5-4-6-16(17)20(28-29)21(30)27-18-12-15(23(24,25)26)8-9-19(18)33-11-10-32-3/h4-9,12,14H,10-11,13H2,1-3H3,(H,27,30). The van der Waals surface area contributed by atoms with E-state index in [0.29, 0.717) is 10.8 Å². The van der Waals surface area contributed by atoms with Crippen molar-refractivity contribution in [1.29, 1.82) is 0 Å². The van der Waals surface area contributed by atoms with Crippen LogP contribution in [0.1, 0.15) is 29.9 Å². The van der Waals surface area contributed by atoms with Crippen LogP contribution in [0.4, 0.5) is 18.9 Å². The molecule has 0 aliphatic heterocycles. The first kappa shape index (κ1) is 24.2. The fraction of sp³-hybridized carbons (Fsp3) is 0.348. The zero-order chi connectivity index (χ0) is 24.2. The molecule has 0 atom stereocenters. The Kier molecular flexibility index (Phi) is 7.37. The van der Waals surface area contributed by atoms with Crippen LogP contribution in [0, 0.1) is 5.92 Å². The van der Waals surface area contributed by atoms with Crippen LogP contribution in [0.25, 0.3) is 10.8 Å². The number of carbonyl (C=O) groups excluding carboxylic acids is 1. The van der Waals surface area contributed by atoms with Crippen LogP contribution in [-0.4, -0.2) is 36.0 Å². The predicted molar refractivity (Wildman–Crippen MR) is 118 cm³/mol. The van der Waals surface area contributed by atoms with E-state index < -0.39 is 17.6 Å². The third kappa shape index (κ3) is 5.70. The number of fused-ring (bicyclic) bond motifs is 1. The van der Waals surface area contributed by atoms with E-state index in [1.807, 2.05) is 13.8 Å². The van der Waals surface area contributed by atoms with Crippen molar-refractivity contribution < 1.29 is 27.4 Å². The number of ether oxygens (including phenoxy) is 2. The van der Waals surface area contributed by atoms with Crippen LogP contribution in [0.5, 0.6) is 5.75 Å². The topological polar surface area (TPSA) is 82.4 Å². The van der Waals surface area contributed by atoms with Gasteiger partial charge in [-0.05, 0) is 30.2 Å². The van der Waals surface area contributed by atoms with Gasteiger partial charge < -0.3 is 14.8 Å². The molecule has 3 rings (SSSR count). The molecule has 2 aromatic carbocycles. The van der Waals surface area contributed by atoms with Crippen LogP contribution in [0.2, 0.25) is 0 Å². The fourth-order valence-corrected chi connectivity index (χ4v) is 3.22. The number of aromatic nitrogens is 2. The smallest absolute Gasteiger partial charge is 0.416 e. The third-order valence-corrected chi connectivity index (χ3v) is 4.72. The van der Waals surface area contributed by atoms with Crippen molar-refractivity contribution in [2.24, 2.45) is 5.92 Å². The summed E-state index contributed by atoms with van der Waals surface area (Å²) in [5.74, 6) is -0.635. The molecule has 1 heterocycles. The van der Waals surface area contributed by atoms with Crippen molar-refractivity contribution in [3.05, 3.63) is 64.1 Å². The molecule has 1 aromatic heterocycles. The van der Waals surface area contributed by atoms with Crippen molar-refractivity contribution in [3.8, 4) is 5.75 Å². The maximum Gasteiger partial charge on any atom is 0.416 e. The van der Waals surface area contributed by atoms with E-state index in [0.717, 1.165) is 18.2 Å². The number of amides is 1. The van der Waals surface area contributed by atoms with E-state index in [9.17, 15) is 22.8 Å². The van der Waals surface area contributed by atoms with Crippen LogP contribution < -0.4 is 15.6 Å². The summed E-state index contributed by atoms with van der Waals surface area (Å²) in [6.07, 6.45) is -4.61. The van der Waals surface area contributed by atoms with Crippen molar-refractivity contribution in [3.63, 3.8) is 0 Å². The summed E-state index contributed by atoms with van der Waals surface area (Å²) >= 11 is 0. The van der Waals surface area contributed by atoms with Gasteiger partial charge in [-0.2, -0.15) is 18.3 Å². The summed E-state index contributed by atoms with van der Waals surface area (Å²) in [6.45, 7) is 4.36. The Labute approximate surface area is 188 Å². The summed E-state index contributed by atoms with van der Waals surface area (Å²) in [7, 11) is 1.46. The normalized spacial score (nSPS) is 11.7. The van der Waals surface area contributed by atoms with Gasteiger partial charge in [-0.15, -0.1) is 0 Å². The number of anilines is 1. The molecule has 0 aliphatic rings. The van der Waals surface area contributed by atoms with Crippen LogP contribution in [0.15, 0.2) is 47.3 Å². The van der Waals surface area contributed by atoms with Crippen LogP contribution >= 0.6 is 0 Å². The van der Waals surface area contributed by atoms with E-state index >= 15 is 0 Å². The minimum absolute atomic E-state index is 0.0493. The van der Waals surface area contributed by atoms with Gasteiger partial charge in [0.1, 0.15) is 12.4 Å². The highest BCUT2D eigenvalue weighted by molar-refractivity contribution is 6.11. The highest BCUT2D eigenvalue weighted by Gasteiger charge is 2.31. The molecule has 0 aliphatic carbocycles. The molecule has 0 unspecified atom stereocenters. The van der Waals surface area contributed by atoms with E-state index in [1.165, 1.54) is 11.8 Å². The Balaban J connectivity index is 2.06. The zero-order valence-corrected chi connectivity index (χ0v) is 18.4. The van der Waals surface area contributed by atoms with Gasteiger partial charge in [-0.25, -0.2) is 4.68 Å². The van der Waals surface area contributed by atoms with Crippen LogP contribution in [0.3, 0.4) is 0 Å².